The van der Waals surface area contributed by atoms with Gasteiger partial charge in [-0.2, -0.15) is 0 Å². The molecule has 2 aromatic rings. The van der Waals surface area contributed by atoms with Gasteiger partial charge in [0.05, 0.1) is 0 Å². The molecule has 0 unspecified atom stereocenters. The lowest BCUT2D eigenvalue weighted by Crippen LogP contribution is -2.39. The quantitative estimate of drug-likeness (QED) is 0.516. The highest BCUT2D eigenvalue weighted by molar-refractivity contribution is 5.90. The Morgan fingerprint density at radius 1 is 1.15 bits per heavy atom. The minimum atomic E-state index is -0.221. The molecule has 0 aliphatic rings. The van der Waals surface area contributed by atoms with Crippen molar-refractivity contribution in [1.29, 1.82) is 0 Å². The van der Waals surface area contributed by atoms with Gasteiger partial charge in [-0.15, -0.1) is 0 Å². The lowest BCUT2D eigenvalue weighted by Gasteiger charge is -2.12. The molecule has 1 amide bonds. The number of aromatic nitrogens is 1. The van der Waals surface area contributed by atoms with Crippen molar-refractivity contribution in [2.75, 3.05) is 25.5 Å². The number of anilines is 1. The van der Waals surface area contributed by atoms with E-state index in [0.29, 0.717) is 31.3 Å². The number of nitrogens with one attached hydrogen (secondary N) is 3. The molecule has 0 fully saturated rings. The van der Waals surface area contributed by atoms with Gasteiger partial charge in [0.1, 0.15) is 11.6 Å². The molecule has 0 atom stereocenters. The van der Waals surface area contributed by atoms with Crippen molar-refractivity contribution in [2.24, 2.45) is 4.99 Å². The molecule has 2 rings (SSSR count). The number of hydrogen-bond acceptors (Lipinski definition) is 3. The number of amides is 1. The molecule has 6 nitrogen and oxygen atoms in total. The molecule has 0 saturated carbocycles. The number of aryl methyl sites for hydroxylation is 2. The van der Waals surface area contributed by atoms with E-state index < -0.39 is 0 Å². The Bertz CT molecular complexity index is 789. The highest BCUT2D eigenvalue weighted by atomic mass is 19.1. The molecule has 0 aliphatic heterocycles. The Hall–Kier alpha value is -2.96. The van der Waals surface area contributed by atoms with Gasteiger partial charge < -0.3 is 16.0 Å². The second kappa shape index (κ2) is 10.3. The van der Waals surface area contributed by atoms with Gasteiger partial charge >= 0.3 is 0 Å². The average Bonchev–Trinajstić information content (AvgIpc) is 2.64. The molecular formula is C20H26FN5O. The molecule has 1 aromatic carbocycles. The van der Waals surface area contributed by atoms with Crippen molar-refractivity contribution in [2.45, 2.75) is 26.7 Å². The minimum Gasteiger partial charge on any atom is -0.356 e. The summed E-state index contributed by atoms with van der Waals surface area (Å²) >= 11 is 0. The first-order chi connectivity index (χ1) is 13.0. The summed E-state index contributed by atoms with van der Waals surface area (Å²) in [4.78, 5) is 20.2. The number of carbonyl (C=O) groups excluding carboxylic acids is 1. The molecule has 0 bridgehead atoms. The van der Waals surface area contributed by atoms with Gasteiger partial charge in [-0.05, 0) is 55.2 Å². The monoisotopic (exact) mass is 371 g/mol. The van der Waals surface area contributed by atoms with Gasteiger partial charge in [0, 0.05) is 32.8 Å². The van der Waals surface area contributed by atoms with Crippen LogP contribution in [0.4, 0.5) is 10.2 Å². The van der Waals surface area contributed by atoms with Crippen LogP contribution in [0.15, 0.2) is 41.5 Å². The lowest BCUT2D eigenvalue weighted by atomic mass is 10.1. The van der Waals surface area contributed by atoms with Crippen LogP contribution >= 0.6 is 0 Å². The smallest absolute Gasteiger partial charge is 0.227 e. The average molecular weight is 371 g/mol. The van der Waals surface area contributed by atoms with Gasteiger partial charge in [-0.1, -0.05) is 12.1 Å². The lowest BCUT2D eigenvalue weighted by molar-refractivity contribution is -0.116. The van der Waals surface area contributed by atoms with Crippen LogP contribution < -0.4 is 16.0 Å². The van der Waals surface area contributed by atoms with Crippen molar-refractivity contribution < 1.29 is 9.18 Å². The standard InChI is InChI=1S/C20H26FN5O/c1-14-4-7-18(25-13-14)26-19(27)9-11-24-20(22-3)23-10-8-16-5-6-17(21)12-15(16)2/h4-7,12-13H,8-11H2,1-3H3,(H2,22,23,24)(H,25,26,27). The predicted octanol–water partition coefficient (Wildman–Crippen LogP) is 2.57. The van der Waals surface area contributed by atoms with Crippen LogP contribution in [0.3, 0.4) is 0 Å². The number of benzene rings is 1. The van der Waals surface area contributed by atoms with E-state index in [2.05, 4.69) is 25.9 Å². The summed E-state index contributed by atoms with van der Waals surface area (Å²) in [7, 11) is 1.68. The van der Waals surface area contributed by atoms with E-state index in [-0.39, 0.29) is 11.7 Å². The van der Waals surface area contributed by atoms with Crippen molar-refractivity contribution in [3.05, 3.63) is 59.0 Å². The highest BCUT2D eigenvalue weighted by Gasteiger charge is 2.05. The normalized spacial score (nSPS) is 11.2. The highest BCUT2D eigenvalue weighted by Crippen LogP contribution is 2.10. The number of carbonyl (C=O) groups is 1. The fraction of sp³-hybridized carbons (Fsp3) is 0.350. The fourth-order valence-electron chi connectivity index (χ4n) is 2.52. The maximum absolute atomic E-state index is 13.1. The van der Waals surface area contributed by atoms with E-state index in [9.17, 15) is 9.18 Å². The first-order valence-electron chi connectivity index (χ1n) is 8.90. The molecular weight excluding hydrogens is 345 g/mol. The predicted molar refractivity (Wildman–Crippen MR) is 106 cm³/mol. The summed E-state index contributed by atoms with van der Waals surface area (Å²) in [5.41, 5.74) is 3.06. The van der Waals surface area contributed by atoms with Gasteiger partial charge in [-0.3, -0.25) is 9.79 Å². The number of halogens is 1. The SMILES string of the molecule is CN=C(NCCC(=O)Nc1ccc(C)cn1)NCCc1ccc(F)cc1C. The molecule has 0 aliphatic carbocycles. The van der Waals surface area contributed by atoms with Crippen LogP contribution in [0.1, 0.15) is 23.1 Å². The first-order valence-corrected chi connectivity index (χ1v) is 8.90. The van der Waals surface area contributed by atoms with E-state index in [0.717, 1.165) is 23.1 Å². The Balaban J connectivity index is 1.69. The summed E-state index contributed by atoms with van der Waals surface area (Å²) in [5.74, 6) is 0.829. The van der Waals surface area contributed by atoms with Gasteiger partial charge in [0.25, 0.3) is 0 Å². The zero-order valence-electron chi connectivity index (χ0n) is 16.0. The van der Waals surface area contributed by atoms with Crippen LogP contribution in [0.25, 0.3) is 0 Å². The number of pyridine rings is 1. The van der Waals surface area contributed by atoms with Crippen LogP contribution in [0.5, 0.6) is 0 Å². The maximum Gasteiger partial charge on any atom is 0.227 e. The van der Waals surface area contributed by atoms with E-state index in [1.165, 1.54) is 12.1 Å². The molecule has 0 spiro atoms. The molecule has 0 saturated heterocycles. The number of nitrogens with zero attached hydrogens (tertiary/aromatic N) is 2. The molecule has 3 N–H and O–H groups in total. The minimum absolute atomic E-state index is 0.115. The molecule has 7 heteroatoms. The topological polar surface area (TPSA) is 78.4 Å². The largest absolute Gasteiger partial charge is 0.356 e. The van der Waals surface area contributed by atoms with Crippen molar-refractivity contribution in [3.8, 4) is 0 Å². The third-order valence-electron chi connectivity index (χ3n) is 4.04. The zero-order chi connectivity index (χ0) is 19.6. The molecule has 1 heterocycles. The summed E-state index contributed by atoms with van der Waals surface area (Å²) in [5, 5.41) is 9.05. The van der Waals surface area contributed by atoms with Gasteiger partial charge in [-0.25, -0.2) is 9.37 Å². The maximum atomic E-state index is 13.1. The third-order valence-corrected chi connectivity index (χ3v) is 4.04. The van der Waals surface area contributed by atoms with Gasteiger partial charge in [0.2, 0.25) is 5.91 Å². The van der Waals surface area contributed by atoms with E-state index in [1.54, 1.807) is 25.4 Å². The van der Waals surface area contributed by atoms with E-state index in [1.807, 2.05) is 19.9 Å². The summed E-state index contributed by atoms with van der Waals surface area (Å²) in [6.45, 7) is 4.95. The molecule has 0 radical (unpaired) electrons. The van der Waals surface area contributed by atoms with E-state index in [4.69, 9.17) is 0 Å². The van der Waals surface area contributed by atoms with Crippen molar-refractivity contribution in [3.63, 3.8) is 0 Å². The Morgan fingerprint density at radius 2 is 1.93 bits per heavy atom. The van der Waals surface area contributed by atoms with Crippen molar-refractivity contribution in [1.82, 2.24) is 15.6 Å². The second-order valence-electron chi connectivity index (χ2n) is 6.27. The number of hydrogen-bond donors (Lipinski definition) is 3. The van der Waals surface area contributed by atoms with Crippen molar-refractivity contribution >= 4 is 17.7 Å². The Morgan fingerprint density at radius 3 is 2.59 bits per heavy atom. The Kier molecular flexibility index (Phi) is 7.73. The number of aliphatic imine (C=N–C) groups is 1. The van der Waals surface area contributed by atoms with Gasteiger partial charge in [0.15, 0.2) is 5.96 Å². The number of rotatable bonds is 7. The third kappa shape index (κ3) is 7.05. The van der Waals surface area contributed by atoms with Crippen LogP contribution in [0, 0.1) is 19.7 Å². The summed E-state index contributed by atoms with van der Waals surface area (Å²) in [6.07, 6.45) is 2.77. The number of guanidine groups is 1. The van der Waals surface area contributed by atoms with Crippen LogP contribution in [-0.2, 0) is 11.2 Å². The molecule has 1 aromatic heterocycles. The Labute approximate surface area is 159 Å². The zero-order valence-corrected chi connectivity index (χ0v) is 16.0. The second-order valence-corrected chi connectivity index (χ2v) is 6.27. The van der Waals surface area contributed by atoms with E-state index >= 15 is 0 Å². The molecule has 27 heavy (non-hydrogen) atoms. The molecule has 144 valence electrons. The van der Waals surface area contributed by atoms with Crippen LogP contribution in [-0.4, -0.2) is 37.0 Å². The summed E-state index contributed by atoms with van der Waals surface area (Å²) < 4.78 is 13.1. The fourth-order valence-corrected chi connectivity index (χ4v) is 2.52. The first kappa shape index (κ1) is 20.4. The van der Waals surface area contributed by atoms with Crippen LogP contribution in [0.2, 0.25) is 0 Å². The summed E-state index contributed by atoms with van der Waals surface area (Å²) in [6, 6.07) is 8.47.